The molecule has 0 aliphatic heterocycles. The summed E-state index contributed by atoms with van der Waals surface area (Å²) in [6, 6.07) is 0. The van der Waals surface area contributed by atoms with E-state index in [1.165, 1.54) is 32.2 Å². The standard InChI is InChI=1S/C15H30N2/c1-4-15(16,5-2)11-17(3)10-14-9-12-6-7-13(14)8-12/h12-14H,4-11,16H2,1-3H3. The van der Waals surface area contributed by atoms with Crippen LogP contribution in [-0.2, 0) is 0 Å². The van der Waals surface area contributed by atoms with Crippen LogP contribution in [0.15, 0.2) is 0 Å². The van der Waals surface area contributed by atoms with E-state index in [1.54, 1.807) is 0 Å². The maximum absolute atomic E-state index is 6.41. The van der Waals surface area contributed by atoms with Gasteiger partial charge in [-0.05, 0) is 56.9 Å². The first-order chi connectivity index (χ1) is 8.06. The third kappa shape index (κ3) is 3.03. The Morgan fingerprint density at radius 3 is 2.35 bits per heavy atom. The molecular weight excluding hydrogens is 208 g/mol. The van der Waals surface area contributed by atoms with Crippen molar-refractivity contribution < 1.29 is 0 Å². The van der Waals surface area contributed by atoms with Crippen LogP contribution in [0.2, 0.25) is 0 Å². The minimum absolute atomic E-state index is 0.0341. The van der Waals surface area contributed by atoms with Gasteiger partial charge in [-0.2, -0.15) is 0 Å². The molecule has 2 fully saturated rings. The third-order valence-corrected chi connectivity index (χ3v) is 5.42. The van der Waals surface area contributed by atoms with Gasteiger partial charge in [0.1, 0.15) is 0 Å². The van der Waals surface area contributed by atoms with Crippen molar-refractivity contribution in [2.45, 2.75) is 57.9 Å². The highest BCUT2D eigenvalue weighted by Crippen LogP contribution is 2.48. The molecule has 0 aromatic heterocycles. The van der Waals surface area contributed by atoms with Crippen LogP contribution in [-0.4, -0.2) is 30.6 Å². The number of nitrogens with two attached hydrogens (primary N) is 1. The fraction of sp³-hybridized carbons (Fsp3) is 1.00. The summed E-state index contributed by atoms with van der Waals surface area (Å²) in [4.78, 5) is 2.50. The molecule has 2 heteroatoms. The number of likely N-dealkylation sites (N-methyl/N-ethyl adjacent to an activating group) is 1. The van der Waals surface area contributed by atoms with Crippen LogP contribution in [0.4, 0.5) is 0 Å². The molecule has 0 aromatic carbocycles. The van der Waals surface area contributed by atoms with Crippen molar-refractivity contribution in [3.05, 3.63) is 0 Å². The van der Waals surface area contributed by atoms with Gasteiger partial charge in [0, 0.05) is 18.6 Å². The molecule has 2 rings (SSSR count). The highest BCUT2D eigenvalue weighted by atomic mass is 15.1. The second-order valence-electron chi connectivity index (χ2n) is 6.70. The van der Waals surface area contributed by atoms with E-state index in [-0.39, 0.29) is 5.54 Å². The van der Waals surface area contributed by atoms with Crippen molar-refractivity contribution in [1.29, 1.82) is 0 Å². The molecule has 0 saturated heterocycles. The zero-order valence-corrected chi connectivity index (χ0v) is 11.9. The zero-order valence-electron chi connectivity index (χ0n) is 11.9. The molecule has 2 nitrogen and oxygen atoms in total. The molecule has 3 atom stereocenters. The monoisotopic (exact) mass is 238 g/mol. The summed E-state index contributed by atoms with van der Waals surface area (Å²) in [5.74, 6) is 3.08. The Hall–Kier alpha value is -0.0800. The van der Waals surface area contributed by atoms with E-state index in [0.717, 1.165) is 37.1 Å². The predicted molar refractivity (Wildman–Crippen MR) is 73.9 cm³/mol. The number of hydrogen-bond acceptors (Lipinski definition) is 2. The first kappa shape index (κ1) is 13.4. The van der Waals surface area contributed by atoms with E-state index in [1.807, 2.05) is 0 Å². The number of hydrogen-bond donors (Lipinski definition) is 1. The SMILES string of the molecule is CCC(N)(CC)CN(C)CC1CC2CCC1C2. The predicted octanol–water partition coefficient (Wildman–Crippen LogP) is 2.87. The van der Waals surface area contributed by atoms with Gasteiger partial charge in [-0.3, -0.25) is 0 Å². The molecule has 2 aliphatic rings. The third-order valence-electron chi connectivity index (χ3n) is 5.42. The summed E-state index contributed by atoms with van der Waals surface area (Å²) in [6.45, 7) is 6.78. The lowest BCUT2D eigenvalue weighted by Crippen LogP contribution is -2.49. The largest absolute Gasteiger partial charge is 0.324 e. The Bertz CT molecular complexity index is 247. The van der Waals surface area contributed by atoms with Crippen molar-refractivity contribution in [2.24, 2.45) is 23.5 Å². The topological polar surface area (TPSA) is 29.3 Å². The lowest BCUT2D eigenvalue weighted by Gasteiger charge is -2.34. The van der Waals surface area contributed by atoms with Crippen molar-refractivity contribution in [3.8, 4) is 0 Å². The fourth-order valence-electron chi connectivity index (χ4n) is 4.08. The lowest BCUT2D eigenvalue weighted by molar-refractivity contribution is 0.178. The van der Waals surface area contributed by atoms with E-state index in [2.05, 4.69) is 25.8 Å². The Morgan fingerprint density at radius 1 is 1.18 bits per heavy atom. The van der Waals surface area contributed by atoms with Gasteiger partial charge in [0.05, 0.1) is 0 Å². The summed E-state index contributed by atoms with van der Waals surface area (Å²) in [5, 5.41) is 0. The molecule has 3 unspecified atom stereocenters. The number of rotatable bonds is 6. The van der Waals surface area contributed by atoms with Gasteiger partial charge in [0.2, 0.25) is 0 Å². The van der Waals surface area contributed by atoms with Crippen LogP contribution in [0.25, 0.3) is 0 Å². The number of fused-ring (bicyclic) bond motifs is 2. The second kappa shape index (κ2) is 5.27. The van der Waals surface area contributed by atoms with Crippen LogP contribution in [0, 0.1) is 17.8 Å². The minimum Gasteiger partial charge on any atom is -0.324 e. The summed E-state index contributed by atoms with van der Waals surface area (Å²) in [5.41, 5.74) is 6.44. The van der Waals surface area contributed by atoms with Crippen LogP contribution >= 0.6 is 0 Å². The summed E-state index contributed by atoms with van der Waals surface area (Å²) in [7, 11) is 2.26. The Labute approximate surface area is 107 Å². The van der Waals surface area contributed by atoms with Crippen LogP contribution in [0.5, 0.6) is 0 Å². The Morgan fingerprint density at radius 2 is 1.88 bits per heavy atom. The molecule has 0 heterocycles. The molecular formula is C15H30N2. The maximum Gasteiger partial charge on any atom is 0.0278 e. The van der Waals surface area contributed by atoms with Gasteiger partial charge < -0.3 is 10.6 Å². The van der Waals surface area contributed by atoms with E-state index in [9.17, 15) is 0 Å². The molecule has 0 aromatic rings. The molecule has 0 radical (unpaired) electrons. The highest BCUT2D eigenvalue weighted by molar-refractivity contribution is 4.92. The van der Waals surface area contributed by atoms with Gasteiger partial charge in [-0.25, -0.2) is 0 Å². The molecule has 100 valence electrons. The van der Waals surface area contributed by atoms with E-state index in [4.69, 9.17) is 5.73 Å². The normalized spacial score (nSPS) is 32.6. The highest BCUT2D eigenvalue weighted by Gasteiger charge is 2.39. The van der Waals surface area contributed by atoms with Crippen LogP contribution in [0.1, 0.15) is 52.4 Å². The Kier molecular flexibility index (Phi) is 4.14. The van der Waals surface area contributed by atoms with Crippen molar-refractivity contribution in [2.75, 3.05) is 20.1 Å². The molecule has 0 amide bonds. The van der Waals surface area contributed by atoms with Crippen molar-refractivity contribution >= 4 is 0 Å². The van der Waals surface area contributed by atoms with Gasteiger partial charge >= 0.3 is 0 Å². The van der Waals surface area contributed by atoms with Gasteiger partial charge in [-0.1, -0.05) is 20.3 Å². The average Bonchev–Trinajstić information content (AvgIpc) is 2.90. The summed E-state index contributed by atoms with van der Waals surface area (Å²) < 4.78 is 0. The van der Waals surface area contributed by atoms with Gasteiger partial charge in [0.25, 0.3) is 0 Å². The number of nitrogens with zero attached hydrogens (tertiary/aromatic N) is 1. The minimum atomic E-state index is 0.0341. The molecule has 17 heavy (non-hydrogen) atoms. The van der Waals surface area contributed by atoms with Crippen molar-refractivity contribution in [1.82, 2.24) is 4.90 Å². The fourth-order valence-corrected chi connectivity index (χ4v) is 4.08. The molecule has 2 saturated carbocycles. The summed E-state index contributed by atoms with van der Waals surface area (Å²) in [6.07, 6.45) is 8.20. The smallest absolute Gasteiger partial charge is 0.0278 e. The van der Waals surface area contributed by atoms with Crippen molar-refractivity contribution in [3.63, 3.8) is 0 Å². The van der Waals surface area contributed by atoms with Crippen LogP contribution < -0.4 is 5.73 Å². The van der Waals surface area contributed by atoms with Gasteiger partial charge in [-0.15, -0.1) is 0 Å². The van der Waals surface area contributed by atoms with Gasteiger partial charge in [0.15, 0.2) is 0 Å². The molecule has 2 bridgehead atoms. The van der Waals surface area contributed by atoms with Crippen LogP contribution in [0.3, 0.4) is 0 Å². The average molecular weight is 238 g/mol. The molecule has 0 spiro atoms. The zero-order chi connectivity index (χ0) is 12.5. The molecule has 2 aliphatic carbocycles. The van der Waals surface area contributed by atoms with E-state index >= 15 is 0 Å². The molecule has 2 N–H and O–H groups in total. The Balaban J connectivity index is 1.79. The lowest BCUT2D eigenvalue weighted by atomic mass is 9.87. The first-order valence-corrected chi connectivity index (χ1v) is 7.53. The second-order valence-corrected chi connectivity index (χ2v) is 6.70. The quantitative estimate of drug-likeness (QED) is 0.771. The van der Waals surface area contributed by atoms with E-state index in [0.29, 0.717) is 0 Å². The first-order valence-electron chi connectivity index (χ1n) is 7.53. The van der Waals surface area contributed by atoms with E-state index < -0.39 is 0 Å². The maximum atomic E-state index is 6.41. The summed E-state index contributed by atoms with van der Waals surface area (Å²) >= 11 is 0.